The van der Waals surface area contributed by atoms with Crippen LogP contribution in [0, 0.1) is 11.3 Å². The predicted octanol–water partition coefficient (Wildman–Crippen LogP) is 1.47. The molecule has 0 heterocycles. The Balaban J connectivity index is 2.57. The highest BCUT2D eigenvalue weighted by molar-refractivity contribution is 5.93. The second kappa shape index (κ2) is 8.25. The third-order valence-corrected chi connectivity index (χ3v) is 2.75. The molecule has 1 aromatic carbocycles. The summed E-state index contributed by atoms with van der Waals surface area (Å²) >= 11 is 0. The number of para-hydroxylation sites is 1. The van der Waals surface area contributed by atoms with E-state index in [0.717, 1.165) is 6.54 Å². The summed E-state index contributed by atoms with van der Waals surface area (Å²) in [6.45, 7) is 4.36. The molecule has 0 spiro atoms. The second-order valence-electron chi connectivity index (χ2n) is 4.07. The lowest BCUT2D eigenvalue weighted by Crippen LogP contribution is -2.35. The zero-order chi connectivity index (χ0) is 14.1. The summed E-state index contributed by atoms with van der Waals surface area (Å²) in [6.07, 6.45) is 0. The number of likely N-dealkylation sites (N-methyl/N-ethyl adjacent to an activating group) is 1. The van der Waals surface area contributed by atoms with Gasteiger partial charge in [0.25, 0.3) is 0 Å². The van der Waals surface area contributed by atoms with Crippen molar-refractivity contribution in [1.29, 1.82) is 5.26 Å². The third-order valence-electron chi connectivity index (χ3n) is 2.75. The van der Waals surface area contributed by atoms with Crippen molar-refractivity contribution in [3.63, 3.8) is 0 Å². The van der Waals surface area contributed by atoms with E-state index < -0.39 is 0 Å². The Hall–Kier alpha value is -1.90. The number of carbonyl (C=O) groups excluding carboxylic acids is 1. The summed E-state index contributed by atoms with van der Waals surface area (Å²) in [5, 5.41) is 11.7. The van der Waals surface area contributed by atoms with Crippen LogP contribution in [0.1, 0.15) is 12.5 Å². The number of hydrogen-bond donors (Lipinski definition) is 1. The van der Waals surface area contributed by atoms with Crippen molar-refractivity contribution in [3.8, 4) is 6.07 Å². The lowest BCUT2D eigenvalue weighted by molar-refractivity contribution is -0.117. The number of ether oxygens (including phenoxy) is 1. The smallest absolute Gasteiger partial charge is 0.238 e. The molecular weight excluding hydrogens is 242 g/mol. The molecule has 102 valence electrons. The number of rotatable bonds is 7. The van der Waals surface area contributed by atoms with Crippen molar-refractivity contribution in [2.75, 3.05) is 38.7 Å². The lowest BCUT2D eigenvalue weighted by atomic mass is 10.2. The molecule has 0 saturated heterocycles. The van der Waals surface area contributed by atoms with Gasteiger partial charge in [-0.25, -0.2) is 0 Å². The van der Waals surface area contributed by atoms with Gasteiger partial charge >= 0.3 is 0 Å². The first-order valence-electron chi connectivity index (χ1n) is 6.21. The van der Waals surface area contributed by atoms with Gasteiger partial charge < -0.3 is 10.1 Å². The van der Waals surface area contributed by atoms with Crippen molar-refractivity contribution in [3.05, 3.63) is 29.8 Å². The standard InChI is InChI=1S/C14H19N3O2/c1-3-17(8-9-19-2)11-14(18)16-13-7-5-4-6-12(13)10-15/h4-7H,3,8-9,11H2,1-2H3,(H,16,18). The Morgan fingerprint density at radius 1 is 1.47 bits per heavy atom. The molecule has 1 amide bonds. The minimum absolute atomic E-state index is 0.124. The monoisotopic (exact) mass is 261 g/mol. The van der Waals surface area contributed by atoms with Gasteiger partial charge in [-0.05, 0) is 18.7 Å². The number of nitrogens with one attached hydrogen (secondary N) is 1. The molecule has 1 N–H and O–H groups in total. The van der Waals surface area contributed by atoms with Crippen molar-refractivity contribution in [2.45, 2.75) is 6.92 Å². The summed E-state index contributed by atoms with van der Waals surface area (Å²) in [4.78, 5) is 13.9. The lowest BCUT2D eigenvalue weighted by Gasteiger charge is -2.19. The minimum atomic E-state index is -0.124. The van der Waals surface area contributed by atoms with E-state index in [-0.39, 0.29) is 5.91 Å². The molecule has 0 saturated carbocycles. The zero-order valence-electron chi connectivity index (χ0n) is 11.3. The van der Waals surface area contributed by atoms with E-state index in [4.69, 9.17) is 10.00 Å². The van der Waals surface area contributed by atoms with Crippen LogP contribution < -0.4 is 5.32 Å². The summed E-state index contributed by atoms with van der Waals surface area (Å²) in [6, 6.07) is 9.02. The molecule has 1 rings (SSSR count). The molecule has 0 aliphatic rings. The fourth-order valence-electron chi connectivity index (χ4n) is 1.65. The van der Waals surface area contributed by atoms with E-state index in [0.29, 0.717) is 30.9 Å². The van der Waals surface area contributed by atoms with Crippen LogP contribution in [0.15, 0.2) is 24.3 Å². The molecule has 0 aliphatic heterocycles. The van der Waals surface area contributed by atoms with Gasteiger partial charge in [0.1, 0.15) is 6.07 Å². The van der Waals surface area contributed by atoms with E-state index in [2.05, 4.69) is 11.4 Å². The molecular formula is C14H19N3O2. The van der Waals surface area contributed by atoms with Crippen LogP contribution in [-0.2, 0) is 9.53 Å². The molecule has 0 bridgehead atoms. The number of methoxy groups -OCH3 is 1. The number of hydrogen-bond acceptors (Lipinski definition) is 4. The Bertz CT molecular complexity index is 454. The Labute approximate surface area is 113 Å². The first kappa shape index (κ1) is 15.2. The summed E-state index contributed by atoms with van der Waals surface area (Å²) in [5.74, 6) is -0.124. The molecule has 0 aromatic heterocycles. The number of nitrogens with zero attached hydrogens (tertiary/aromatic N) is 2. The Kier molecular flexibility index (Phi) is 6.58. The van der Waals surface area contributed by atoms with Gasteiger partial charge in [0.05, 0.1) is 24.4 Å². The number of benzene rings is 1. The summed E-state index contributed by atoms with van der Waals surface area (Å²) < 4.78 is 4.99. The topological polar surface area (TPSA) is 65.4 Å². The van der Waals surface area contributed by atoms with Crippen LogP contribution in [-0.4, -0.2) is 44.2 Å². The van der Waals surface area contributed by atoms with Crippen LogP contribution >= 0.6 is 0 Å². The van der Waals surface area contributed by atoms with E-state index >= 15 is 0 Å². The van der Waals surface area contributed by atoms with E-state index in [1.54, 1.807) is 31.4 Å². The molecule has 5 heteroatoms. The average Bonchev–Trinajstić information content (AvgIpc) is 2.44. The molecule has 0 unspecified atom stereocenters. The van der Waals surface area contributed by atoms with E-state index in [1.165, 1.54) is 0 Å². The Morgan fingerprint density at radius 2 is 2.21 bits per heavy atom. The fraction of sp³-hybridized carbons (Fsp3) is 0.429. The Morgan fingerprint density at radius 3 is 2.84 bits per heavy atom. The summed E-state index contributed by atoms with van der Waals surface area (Å²) in [5.41, 5.74) is 1.02. The number of anilines is 1. The zero-order valence-corrected chi connectivity index (χ0v) is 11.3. The van der Waals surface area contributed by atoms with Crippen LogP contribution in [0.2, 0.25) is 0 Å². The highest BCUT2D eigenvalue weighted by Crippen LogP contribution is 2.13. The normalized spacial score (nSPS) is 10.2. The van der Waals surface area contributed by atoms with Crippen LogP contribution in [0.3, 0.4) is 0 Å². The first-order valence-corrected chi connectivity index (χ1v) is 6.21. The molecule has 0 aliphatic carbocycles. The van der Waals surface area contributed by atoms with Crippen molar-refractivity contribution < 1.29 is 9.53 Å². The minimum Gasteiger partial charge on any atom is -0.383 e. The third kappa shape index (κ3) is 5.08. The van der Waals surface area contributed by atoms with E-state index in [9.17, 15) is 4.79 Å². The maximum Gasteiger partial charge on any atom is 0.238 e. The molecule has 0 atom stereocenters. The highest BCUT2D eigenvalue weighted by atomic mass is 16.5. The van der Waals surface area contributed by atoms with Crippen LogP contribution in [0.4, 0.5) is 5.69 Å². The van der Waals surface area contributed by atoms with Crippen LogP contribution in [0.25, 0.3) is 0 Å². The van der Waals surface area contributed by atoms with Gasteiger partial charge in [-0.1, -0.05) is 19.1 Å². The van der Waals surface area contributed by atoms with Crippen molar-refractivity contribution >= 4 is 11.6 Å². The van der Waals surface area contributed by atoms with Gasteiger partial charge in [0, 0.05) is 13.7 Å². The highest BCUT2D eigenvalue weighted by Gasteiger charge is 2.10. The number of amides is 1. The molecule has 19 heavy (non-hydrogen) atoms. The van der Waals surface area contributed by atoms with Gasteiger partial charge in [0.15, 0.2) is 0 Å². The van der Waals surface area contributed by atoms with Gasteiger partial charge in [0.2, 0.25) is 5.91 Å². The van der Waals surface area contributed by atoms with Crippen molar-refractivity contribution in [2.24, 2.45) is 0 Å². The van der Waals surface area contributed by atoms with E-state index in [1.807, 2.05) is 11.8 Å². The van der Waals surface area contributed by atoms with Gasteiger partial charge in [-0.3, -0.25) is 9.69 Å². The maximum absolute atomic E-state index is 11.9. The largest absolute Gasteiger partial charge is 0.383 e. The summed E-state index contributed by atoms with van der Waals surface area (Å²) in [7, 11) is 1.64. The van der Waals surface area contributed by atoms with Gasteiger partial charge in [-0.2, -0.15) is 5.26 Å². The average molecular weight is 261 g/mol. The molecule has 0 fully saturated rings. The predicted molar refractivity (Wildman–Crippen MR) is 73.8 cm³/mol. The SMILES string of the molecule is CCN(CCOC)CC(=O)Nc1ccccc1C#N. The van der Waals surface area contributed by atoms with Crippen molar-refractivity contribution in [1.82, 2.24) is 4.90 Å². The number of carbonyl (C=O) groups is 1. The molecule has 0 radical (unpaired) electrons. The fourth-order valence-corrected chi connectivity index (χ4v) is 1.65. The van der Waals surface area contributed by atoms with Gasteiger partial charge in [-0.15, -0.1) is 0 Å². The second-order valence-corrected chi connectivity index (χ2v) is 4.07. The number of nitriles is 1. The maximum atomic E-state index is 11.9. The molecule has 5 nitrogen and oxygen atoms in total. The van der Waals surface area contributed by atoms with Crippen LogP contribution in [0.5, 0.6) is 0 Å². The quantitative estimate of drug-likeness (QED) is 0.807. The first-order chi connectivity index (χ1) is 9.21. The molecule has 1 aromatic rings.